The Morgan fingerprint density at radius 1 is 1.39 bits per heavy atom. The lowest BCUT2D eigenvalue weighted by molar-refractivity contribution is -0.152. The van der Waals surface area contributed by atoms with Gasteiger partial charge in [-0.05, 0) is 19.1 Å². The van der Waals surface area contributed by atoms with E-state index in [1.54, 1.807) is 6.92 Å². The van der Waals surface area contributed by atoms with Crippen LogP contribution in [0.3, 0.4) is 0 Å². The molecular weight excluding hydrogens is 379 g/mol. The number of halogens is 4. The molecule has 2 rings (SSSR count). The van der Waals surface area contributed by atoms with Gasteiger partial charge < -0.3 is 10.2 Å². The molecule has 3 amide bonds. The highest BCUT2D eigenvalue weighted by atomic mass is 79.9. The number of carbonyl (C=O) groups is 2. The molecule has 1 atom stereocenters. The second-order valence-corrected chi connectivity index (χ2v) is 6.77. The van der Waals surface area contributed by atoms with Gasteiger partial charge in [0.2, 0.25) is 5.91 Å². The van der Waals surface area contributed by atoms with Crippen molar-refractivity contribution in [2.24, 2.45) is 0 Å². The van der Waals surface area contributed by atoms with Crippen molar-refractivity contribution in [1.82, 2.24) is 15.1 Å². The molecule has 1 unspecified atom stereocenters. The summed E-state index contributed by atoms with van der Waals surface area (Å²) in [5, 5.41) is 2.39. The second kappa shape index (κ2) is 6.18. The first-order valence-corrected chi connectivity index (χ1v) is 7.90. The summed E-state index contributed by atoms with van der Waals surface area (Å²) < 4.78 is 38.6. The van der Waals surface area contributed by atoms with Crippen LogP contribution in [0.2, 0.25) is 0 Å². The van der Waals surface area contributed by atoms with Crippen molar-refractivity contribution in [3.63, 3.8) is 0 Å². The zero-order valence-corrected chi connectivity index (χ0v) is 14.3. The third kappa shape index (κ3) is 3.24. The molecule has 23 heavy (non-hydrogen) atoms. The van der Waals surface area contributed by atoms with E-state index in [1.807, 2.05) is 0 Å². The third-order valence-electron chi connectivity index (χ3n) is 3.84. The fourth-order valence-corrected chi connectivity index (χ4v) is 3.33. The molecule has 1 aliphatic heterocycles. The van der Waals surface area contributed by atoms with Gasteiger partial charge in [0.1, 0.15) is 0 Å². The Balaban J connectivity index is 2.41. The molecule has 0 radical (unpaired) electrons. The zero-order chi connectivity index (χ0) is 17.4. The Hall–Kier alpha value is -1.51. The minimum absolute atomic E-state index is 0.148. The van der Waals surface area contributed by atoms with E-state index in [2.05, 4.69) is 21.2 Å². The maximum absolute atomic E-state index is 13.7. The molecule has 0 aromatic heterocycles. The molecule has 0 saturated carbocycles. The van der Waals surface area contributed by atoms with Gasteiger partial charge in [0.25, 0.3) is 0 Å². The lowest BCUT2D eigenvalue weighted by Gasteiger charge is -2.38. The molecule has 2 aliphatic rings. The lowest BCUT2D eigenvalue weighted by atomic mass is 9.92. The quantitative estimate of drug-likeness (QED) is 0.747. The zero-order valence-electron chi connectivity index (χ0n) is 12.7. The van der Waals surface area contributed by atoms with Crippen LogP contribution in [0, 0.1) is 0 Å². The van der Waals surface area contributed by atoms with Gasteiger partial charge in [0.05, 0.1) is 0 Å². The molecule has 0 aromatic carbocycles. The number of likely N-dealkylation sites (N-methyl/N-ethyl adjacent to an activating group) is 1. The minimum Gasteiger partial charge on any atom is -0.330 e. The van der Waals surface area contributed by atoms with Gasteiger partial charge in [0.15, 0.2) is 4.32 Å². The monoisotopic (exact) mass is 395 g/mol. The molecule has 1 saturated heterocycles. The van der Waals surface area contributed by atoms with Crippen LogP contribution < -0.4 is 5.32 Å². The Morgan fingerprint density at radius 2 is 2.04 bits per heavy atom. The van der Waals surface area contributed by atoms with Crippen molar-refractivity contribution in [3.8, 4) is 0 Å². The van der Waals surface area contributed by atoms with Crippen molar-refractivity contribution in [3.05, 3.63) is 23.5 Å². The molecule has 128 valence electrons. The van der Waals surface area contributed by atoms with Gasteiger partial charge in [-0.3, -0.25) is 9.69 Å². The number of hydrogen-bond acceptors (Lipinski definition) is 2. The maximum atomic E-state index is 13.7. The summed E-state index contributed by atoms with van der Waals surface area (Å²) in [6.45, 7) is 4.03. The van der Waals surface area contributed by atoms with E-state index in [1.165, 1.54) is 24.0 Å². The molecule has 0 spiro atoms. The Kier molecular flexibility index (Phi) is 4.79. The Morgan fingerprint density at radius 3 is 2.52 bits per heavy atom. The fourth-order valence-electron chi connectivity index (χ4n) is 2.68. The summed E-state index contributed by atoms with van der Waals surface area (Å²) in [7, 11) is 0. The van der Waals surface area contributed by atoms with E-state index in [0.29, 0.717) is 13.1 Å². The van der Waals surface area contributed by atoms with Gasteiger partial charge >= 0.3 is 12.2 Å². The predicted molar refractivity (Wildman–Crippen MR) is 81.7 cm³/mol. The molecule has 0 aromatic rings. The number of nitrogens with one attached hydrogen (secondary N) is 1. The van der Waals surface area contributed by atoms with Crippen LogP contribution in [0.25, 0.3) is 0 Å². The number of hydrogen-bond donors (Lipinski definition) is 1. The van der Waals surface area contributed by atoms with Gasteiger partial charge in [-0.15, -0.1) is 0 Å². The van der Waals surface area contributed by atoms with Crippen LogP contribution in [-0.4, -0.2) is 51.9 Å². The number of urea groups is 1. The molecule has 1 N–H and O–H groups in total. The van der Waals surface area contributed by atoms with Gasteiger partial charge in [-0.1, -0.05) is 15.9 Å². The van der Waals surface area contributed by atoms with E-state index < -0.39 is 28.9 Å². The molecule has 9 heteroatoms. The summed E-state index contributed by atoms with van der Waals surface area (Å²) >= 11 is 2.79. The lowest BCUT2D eigenvalue weighted by Crippen LogP contribution is -2.50. The van der Waals surface area contributed by atoms with Crippen LogP contribution in [0.15, 0.2) is 23.5 Å². The molecule has 1 heterocycles. The van der Waals surface area contributed by atoms with Crippen LogP contribution in [0.1, 0.15) is 20.3 Å². The van der Waals surface area contributed by atoms with E-state index in [-0.39, 0.29) is 17.9 Å². The van der Waals surface area contributed by atoms with Crippen LogP contribution >= 0.6 is 15.9 Å². The van der Waals surface area contributed by atoms with Crippen molar-refractivity contribution in [2.75, 3.05) is 19.6 Å². The topological polar surface area (TPSA) is 52.6 Å². The van der Waals surface area contributed by atoms with E-state index >= 15 is 0 Å². The highest BCUT2D eigenvalue weighted by molar-refractivity contribution is 9.10. The average Bonchev–Trinajstić information content (AvgIpc) is 2.78. The molecule has 1 aliphatic carbocycles. The summed E-state index contributed by atoms with van der Waals surface area (Å²) in [6.07, 6.45) is -2.47. The maximum Gasteiger partial charge on any atom is 0.409 e. The van der Waals surface area contributed by atoms with E-state index in [4.69, 9.17) is 0 Å². The normalized spacial score (nSPS) is 25.4. The molecular formula is C14H17BrF3N3O2. The number of rotatable bonds is 3. The van der Waals surface area contributed by atoms with Crippen molar-refractivity contribution in [2.45, 2.75) is 30.8 Å². The second-order valence-electron chi connectivity index (χ2n) is 5.41. The van der Waals surface area contributed by atoms with Crippen LogP contribution in [0.5, 0.6) is 0 Å². The van der Waals surface area contributed by atoms with Crippen LogP contribution in [-0.2, 0) is 4.79 Å². The SMILES string of the molecule is CCN1CCN(C2=CC=C(NC(C)=O)CC2(Br)C(F)(F)F)C1=O. The van der Waals surface area contributed by atoms with E-state index in [9.17, 15) is 22.8 Å². The average molecular weight is 396 g/mol. The largest absolute Gasteiger partial charge is 0.409 e. The summed E-state index contributed by atoms with van der Waals surface area (Å²) in [5.41, 5.74) is -0.00510. The smallest absolute Gasteiger partial charge is 0.330 e. The van der Waals surface area contributed by atoms with Crippen LogP contribution in [0.4, 0.5) is 18.0 Å². The standard InChI is InChI=1S/C14H17BrF3N3O2/c1-3-20-6-7-21(12(20)23)11-5-4-10(19-9(2)22)8-13(11,15)14(16,17)18/h4-5H,3,6-8H2,1-2H3,(H,19,22). The van der Waals surface area contributed by atoms with Gasteiger partial charge in [0, 0.05) is 44.4 Å². The van der Waals surface area contributed by atoms with Gasteiger partial charge in [-0.2, -0.15) is 13.2 Å². The predicted octanol–water partition coefficient (Wildman–Crippen LogP) is 2.75. The minimum atomic E-state index is -4.63. The third-order valence-corrected chi connectivity index (χ3v) is 4.97. The summed E-state index contributed by atoms with van der Waals surface area (Å²) in [6, 6.07) is -0.441. The van der Waals surface area contributed by atoms with Crippen molar-refractivity contribution in [1.29, 1.82) is 0 Å². The van der Waals surface area contributed by atoms with Crippen molar-refractivity contribution >= 4 is 27.9 Å². The summed E-state index contributed by atoms with van der Waals surface area (Å²) in [5.74, 6) is -0.445. The molecule has 1 fully saturated rings. The summed E-state index contributed by atoms with van der Waals surface area (Å²) in [4.78, 5) is 26.0. The number of nitrogens with zero attached hydrogens (tertiary/aromatic N) is 2. The Labute approximate surface area is 140 Å². The number of amides is 3. The first kappa shape index (κ1) is 17.8. The van der Waals surface area contributed by atoms with Crippen molar-refractivity contribution < 1.29 is 22.8 Å². The molecule has 5 nitrogen and oxygen atoms in total. The number of carbonyl (C=O) groups excluding carboxylic acids is 2. The highest BCUT2D eigenvalue weighted by Gasteiger charge is 2.59. The fraction of sp³-hybridized carbons (Fsp3) is 0.571. The number of allylic oxidation sites excluding steroid dienone is 4. The molecule has 0 bridgehead atoms. The Bertz CT molecular complexity index is 588. The first-order valence-electron chi connectivity index (χ1n) is 7.11. The first-order chi connectivity index (χ1) is 10.6. The van der Waals surface area contributed by atoms with E-state index in [0.717, 1.165) is 4.90 Å². The highest BCUT2D eigenvalue weighted by Crippen LogP contribution is 2.50. The van der Waals surface area contributed by atoms with Gasteiger partial charge in [-0.25, -0.2) is 4.79 Å². The number of alkyl halides is 4.